The number of rotatable bonds is 8. The average molecular weight is 408 g/mol. The lowest BCUT2D eigenvalue weighted by atomic mass is 10.1. The lowest BCUT2D eigenvalue weighted by Gasteiger charge is -2.34. The summed E-state index contributed by atoms with van der Waals surface area (Å²) < 4.78 is 43.4. The molecule has 0 aromatic carbocycles. The summed E-state index contributed by atoms with van der Waals surface area (Å²) in [5, 5.41) is 6.55. The maximum Gasteiger partial charge on any atom is 0.401 e. The zero-order valence-electron chi connectivity index (χ0n) is 17.4. The van der Waals surface area contributed by atoms with Crippen molar-refractivity contribution in [3.8, 4) is 0 Å². The summed E-state index contributed by atoms with van der Waals surface area (Å²) in [6.45, 7) is 12.2. The minimum atomic E-state index is -4.13. The van der Waals surface area contributed by atoms with Crippen LogP contribution in [0, 0.1) is 11.8 Å². The molecule has 164 valence electrons. The van der Waals surface area contributed by atoms with E-state index in [2.05, 4.69) is 34.4 Å². The van der Waals surface area contributed by atoms with Crippen molar-refractivity contribution in [2.24, 2.45) is 16.8 Å². The summed E-state index contributed by atoms with van der Waals surface area (Å²) in [5.74, 6) is 1.51. The predicted octanol–water partition coefficient (Wildman–Crippen LogP) is 1.78. The number of morpholine rings is 1. The molecule has 0 aliphatic carbocycles. The van der Waals surface area contributed by atoms with Gasteiger partial charge in [0.05, 0.1) is 19.3 Å². The molecule has 2 atom stereocenters. The van der Waals surface area contributed by atoms with Crippen LogP contribution in [0.5, 0.6) is 0 Å². The highest BCUT2D eigenvalue weighted by Crippen LogP contribution is 2.22. The van der Waals surface area contributed by atoms with E-state index in [0.29, 0.717) is 38.1 Å². The lowest BCUT2D eigenvalue weighted by Crippen LogP contribution is -2.50. The SMILES string of the molecule is CCNC(=NCC1CCN(CC(F)(F)F)C1)NCC1CN(CC(C)C)CCO1. The minimum absolute atomic E-state index is 0.116. The minimum Gasteiger partial charge on any atom is -0.374 e. The van der Waals surface area contributed by atoms with E-state index in [1.54, 1.807) is 0 Å². The van der Waals surface area contributed by atoms with Crippen molar-refractivity contribution >= 4 is 5.96 Å². The molecule has 2 unspecified atom stereocenters. The molecule has 28 heavy (non-hydrogen) atoms. The number of aliphatic imine (C=N–C) groups is 1. The van der Waals surface area contributed by atoms with Gasteiger partial charge in [0.25, 0.3) is 0 Å². The highest BCUT2D eigenvalue weighted by Gasteiger charge is 2.34. The lowest BCUT2D eigenvalue weighted by molar-refractivity contribution is -0.143. The first-order chi connectivity index (χ1) is 13.2. The van der Waals surface area contributed by atoms with E-state index in [9.17, 15) is 13.2 Å². The molecule has 0 amide bonds. The number of hydrogen-bond donors (Lipinski definition) is 2. The van der Waals surface area contributed by atoms with E-state index in [-0.39, 0.29) is 12.0 Å². The van der Waals surface area contributed by atoms with Crippen molar-refractivity contribution in [3.05, 3.63) is 0 Å². The first-order valence-corrected chi connectivity index (χ1v) is 10.4. The van der Waals surface area contributed by atoms with Crippen LogP contribution < -0.4 is 10.6 Å². The number of hydrogen-bond acceptors (Lipinski definition) is 4. The topological polar surface area (TPSA) is 52.1 Å². The van der Waals surface area contributed by atoms with Crippen LogP contribution in [0.4, 0.5) is 13.2 Å². The molecule has 2 fully saturated rings. The Balaban J connectivity index is 1.76. The van der Waals surface area contributed by atoms with Gasteiger partial charge in [0.1, 0.15) is 0 Å². The van der Waals surface area contributed by atoms with Crippen LogP contribution >= 0.6 is 0 Å². The summed E-state index contributed by atoms with van der Waals surface area (Å²) in [4.78, 5) is 8.50. The first-order valence-electron chi connectivity index (χ1n) is 10.4. The van der Waals surface area contributed by atoms with Gasteiger partial charge in [0.15, 0.2) is 5.96 Å². The number of likely N-dealkylation sites (tertiary alicyclic amines) is 1. The Morgan fingerprint density at radius 2 is 1.96 bits per heavy atom. The number of nitrogens with one attached hydrogen (secondary N) is 2. The molecule has 0 saturated carbocycles. The monoisotopic (exact) mass is 407 g/mol. The molecule has 9 heteroatoms. The first kappa shape index (κ1) is 23.2. The number of halogens is 3. The van der Waals surface area contributed by atoms with Crippen LogP contribution in [-0.4, -0.2) is 93.5 Å². The van der Waals surface area contributed by atoms with Crippen molar-refractivity contribution < 1.29 is 17.9 Å². The Hall–Kier alpha value is -1.06. The Kier molecular flexibility index (Phi) is 9.30. The van der Waals surface area contributed by atoms with Gasteiger partial charge in [-0.2, -0.15) is 13.2 Å². The molecule has 2 aliphatic rings. The van der Waals surface area contributed by atoms with Crippen LogP contribution in [0.2, 0.25) is 0 Å². The fourth-order valence-electron chi connectivity index (χ4n) is 3.82. The van der Waals surface area contributed by atoms with Crippen molar-refractivity contribution in [1.29, 1.82) is 0 Å². The van der Waals surface area contributed by atoms with Gasteiger partial charge in [-0.3, -0.25) is 14.8 Å². The van der Waals surface area contributed by atoms with Crippen molar-refractivity contribution in [1.82, 2.24) is 20.4 Å². The number of nitrogens with zero attached hydrogens (tertiary/aromatic N) is 3. The molecule has 2 saturated heterocycles. The zero-order valence-corrected chi connectivity index (χ0v) is 17.4. The van der Waals surface area contributed by atoms with Gasteiger partial charge in [-0.05, 0) is 31.7 Å². The molecule has 2 rings (SSSR count). The van der Waals surface area contributed by atoms with Crippen molar-refractivity contribution in [2.75, 3.05) is 65.5 Å². The summed E-state index contributed by atoms with van der Waals surface area (Å²) >= 11 is 0. The van der Waals surface area contributed by atoms with E-state index in [0.717, 1.165) is 39.2 Å². The van der Waals surface area contributed by atoms with Gasteiger partial charge >= 0.3 is 6.18 Å². The Morgan fingerprint density at radius 1 is 1.18 bits per heavy atom. The van der Waals surface area contributed by atoms with E-state index < -0.39 is 12.7 Å². The standard InChI is InChI=1S/C19H36F3N5O/c1-4-23-18(24-9-16-5-6-27(12-16)14-19(20,21)22)25-10-17-13-26(7-8-28-17)11-15(2)3/h15-17H,4-14H2,1-3H3,(H2,23,24,25). The molecular formula is C19H36F3N5O. The molecule has 6 nitrogen and oxygen atoms in total. The van der Waals surface area contributed by atoms with E-state index in [1.807, 2.05) is 6.92 Å². The largest absolute Gasteiger partial charge is 0.401 e. The van der Waals surface area contributed by atoms with Crippen LogP contribution in [0.3, 0.4) is 0 Å². The van der Waals surface area contributed by atoms with E-state index in [4.69, 9.17) is 4.74 Å². The fourth-order valence-corrected chi connectivity index (χ4v) is 3.82. The summed E-state index contributed by atoms with van der Waals surface area (Å²) in [5.41, 5.74) is 0. The second-order valence-corrected chi connectivity index (χ2v) is 8.25. The molecule has 0 radical (unpaired) electrons. The van der Waals surface area contributed by atoms with Crippen LogP contribution in [0.25, 0.3) is 0 Å². The quantitative estimate of drug-likeness (QED) is 0.475. The third kappa shape index (κ3) is 8.96. The average Bonchev–Trinajstić information content (AvgIpc) is 3.02. The molecule has 0 aromatic rings. The number of alkyl halides is 3. The molecule has 2 N–H and O–H groups in total. The van der Waals surface area contributed by atoms with Gasteiger partial charge in [-0.1, -0.05) is 13.8 Å². The third-order valence-corrected chi connectivity index (χ3v) is 4.97. The van der Waals surface area contributed by atoms with Gasteiger partial charge in [0.2, 0.25) is 0 Å². The number of guanidine groups is 1. The third-order valence-electron chi connectivity index (χ3n) is 4.97. The second kappa shape index (κ2) is 11.2. The smallest absolute Gasteiger partial charge is 0.374 e. The van der Waals surface area contributed by atoms with Gasteiger partial charge in [0, 0.05) is 45.8 Å². The normalized spacial score (nSPS) is 25.5. The molecule has 0 bridgehead atoms. The van der Waals surface area contributed by atoms with Gasteiger partial charge < -0.3 is 15.4 Å². The summed E-state index contributed by atoms with van der Waals surface area (Å²) in [7, 11) is 0. The zero-order chi connectivity index (χ0) is 20.6. The Labute approximate surface area is 166 Å². The second-order valence-electron chi connectivity index (χ2n) is 8.25. The highest BCUT2D eigenvalue weighted by molar-refractivity contribution is 5.79. The molecule has 0 spiro atoms. The maximum atomic E-state index is 12.5. The van der Waals surface area contributed by atoms with Crippen molar-refractivity contribution in [2.45, 2.75) is 39.5 Å². The van der Waals surface area contributed by atoms with Crippen molar-refractivity contribution in [3.63, 3.8) is 0 Å². The molecule has 2 aliphatic heterocycles. The molecular weight excluding hydrogens is 371 g/mol. The number of ether oxygens (including phenoxy) is 1. The fraction of sp³-hybridized carbons (Fsp3) is 0.947. The maximum absolute atomic E-state index is 12.5. The van der Waals surface area contributed by atoms with Crippen LogP contribution in [-0.2, 0) is 4.74 Å². The van der Waals surface area contributed by atoms with Gasteiger partial charge in [-0.15, -0.1) is 0 Å². The van der Waals surface area contributed by atoms with Crippen LogP contribution in [0.1, 0.15) is 27.2 Å². The highest BCUT2D eigenvalue weighted by atomic mass is 19.4. The Morgan fingerprint density at radius 3 is 2.64 bits per heavy atom. The Bertz CT molecular complexity index is 487. The summed E-state index contributed by atoms with van der Waals surface area (Å²) in [6, 6.07) is 0. The predicted molar refractivity (Wildman–Crippen MR) is 106 cm³/mol. The van der Waals surface area contributed by atoms with Gasteiger partial charge in [-0.25, -0.2) is 0 Å². The van der Waals surface area contributed by atoms with E-state index >= 15 is 0 Å². The van der Waals surface area contributed by atoms with E-state index in [1.165, 1.54) is 4.90 Å². The molecule has 2 heterocycles. The van der Waals surface area contributed by atoms with Crippen LogP contribution in [0.15, 0.2) is 4.99 Å². The molecule has 0 aromatic heterocycles. The summed E-state index contributed by atoms with van der Waals surface area (Å²) in [6.07, 6.45) is -3.25.